The SMILES string of the molecule is CCC(C)(CC(C)(C)OCC(C)(CC(C)(CC)c1ccc(CCl)cc1)c1ccc(CCl)cc1)OCC(C)(CC(C)(CC(C)(CC)c1ccc(CCl)cc1)c1ccc(CCl)cc1)c1ccc(CCl)cc1. The van der Waals surface area contributed by atoms with E-state index in [0.29, 0.717) is 49.0 Å². The molecule has 0 saturated heterocycles. The summed E-state index contributed by atoms with van der Waals surface area (Å²) in [4.78, 5) is 0. The van der Waals surface area contributed by atoms with Gasteiger partial charge in [0.1, 0.15) is 0 Å². The van der Waals surface area contributed by atoms with E-state index in [0.717, 1.165) is 66.3 Å². The first-order valence-corrected chi connectivity index (χ1v) is 27.8. The highest BCUT2D eigenvalue weighted by Gasteiger charge is 2.45. The molecule has 376 valence electrons. The summed E-state index contributed by atoms with van der Waals surface area (Å²) in [5.74, 6) is 2.44. The molecule has 6 atom stereocenters. The van der Waals surface area contributed by atoms with Crippen LogP contribution in [0.5, 0.6) is 0 Å². The number of halogens is 5. The summed E-state index contributed by atoms with van der Waals surface area (Å²) in [6.07, 6.45) is 6.20. The van der Waals surface area contributed by atoms with Gasteiger partial charge in [0.05, 0.1) is 24.4 Å². The topological polar surface area (TPSA) is 18.5 Å². The molecule has 2 nitrogen and oxygen atoms in total. The molecule has 0 fully saturated rings. The van der Waals surface area contributed by atoms with Crippen molar-refractivity contribution in [2.75, 3.05) is 13.2 Å². The van der Waals surface area contributed by atoms with Crippen LogP contribution in [0.2, 0.25) is 0 Å². The molecule has 0 spiro atoms. The highest BCUT2D eigenvalue weighted by Crippen LogP contribution is 2.49. The van der Waals surface area contributed by atoms with Crippen LogP contribution >= 0.6 is 58.0 Å². The number of hydrogen-bond acceptors (Lipinski definition) is 2. The van der Waals surface area contributed by atoms with Crippen molar-refractivity contribution in [3.05, 3.63) is 177 Å². The molecule has 7 heteroatoms. The molecule has 6 unspecified atom stereocenters. The van der Waals surface area contributed by atoms with Crippen molar-refractivity contribution in [1.29, 1.82) is 0 Å². The van der Waals surface area contributed by atoms with Crippen LogP contribution < -0.4 is 0 Å². The number of ether oxygens (including phenoxy) is 2. The minimum atomic E-state index is -0.508. The smallest absolute Gasteiger partial charge is 0.0679 e. The monoisotopic (exact) mass is 1030 g/mol. The van der Waals surface area contributed by atoms with E-state index in [2.05, 4.69) is 197 Å². The molecule has 5 rings (SSSR count). The van der Waals surface area contributed by atoms with Gasteiger partial charge in [-0.15, -0.1) is 58.0 Å². The Morgan fingerprint density at radius 2 is 0.551 bits per heavy atom. The van der Waals surface area contributed by atoms with E-state index in [4.69, 9.17) is 67.5 Å². The summed E-state index contributed by atoms with van der Waals surface area (Å²) >= 11 is 31.6. The van der Waals surface area contributed by atoms with Crippen molar-refractivity contribution in [2.45, 2.75) is 189 Å². The van der Waals surface area contributed by atoms with Gasteiger partial charge < -0.3 is 9.47 Å². The Morgan fingerprint density at radius 1 is 0.304 bits per heavy atom. The fourth-order valence-corrected chi connectivity index (χ4v) is 12.0. The average molecular weight is 1040 g/mol. The zero-order valence-corrected chi connectivity index (χ0v) is 47.4. The predicted octanol–water partition coefficient (Wildman–Crippen LogP) is 18.8. The van der Waals surface area contributed by atoms with Gasteiger partial charge in [-0.05, 0) is 131 Å². The Bertz CT molecular complexity index is 2330. The van der Waals surface area contributed by atoms with Gasteiger partial charge in [-0.2, -0.15) is 0 Å². The molecule has 5 aromatic rings. The van der Waals surface area contributed by atoms with Gasteiger partial charge in [-0.25, -0.2) is 0 Å². The van der Waals surface area contributed by atoms with Gasteiger partial charge in [0.25, 0.3) is 0 Å². The third kappa shape index (κ3) is 14.6. The second-order valence-corrected chi connectivity index (χ2v) is 23.8. The van der Waals surface area contributed by atoms with Crippen LogP contribution in [0.3, 0.4) is 0 Å². The first-order valence-electron chi connectivity index (χ1n) is 25.2. The van der Waals surface area contributed by atoms with Crippen LogP contribution in [0.15, 0.2) is 121 Å². The van der Waals surface area contributed by atoms with Crippen LogP contribution in [-0.2, 0) is 65.9 Å². The molecule has 69 heavy (non-hydrogen) atoms. The van der Waals surface area contributed by atoms with Crippen LogP contribution in [0.25, 0.3) is 0 Å². The second-order valence-electron chi connectivity index (χ2n) is 22.5. The lowest BCUT2D eigenvalue weighted by Crippen LogP contribution is -2.46. The summed E-state index contributed by atoms with van der Waals surface area (Å²) in [5, 5.41) is 0. The summed E-state index contributed by atoms with van der Waals surface area (Å²) in [7, 11) is 0. The van der Waals surface area contributed by atoms with Crippen molar-refractivity contribution < 1.29 is 9.47 Å². The minimum Gasteiger partial charge on any atom is -0.375 e. The standard InChI is InChI=1S/C62H81Cl5O2/c1-12-57(6,51-25-15-46(35-63)16-26-51)41-59(8,53-29-19-48(37-65)20-30-53)43-61(10,55-33-23-50(39-67)24-34-55)45-69-62(11,14-3)40-56(4,5)68-44-60(9,54-31-21-49(38-66)22-32-54)42-58(7,13-2)52-27-17-47(36-64)18-28-52/h15-34H,12-14,35-45H2,1-11H3. The molecule has 5 aromatic carbocycles. The molecule has 0 aromatic heterocycles. The van der Waals surface area contributed by atoms with E-state index in [9.17, 15) is 0 Å². The first-order chi connectivity index (χ1) is 32.6. The maximum Gasteiger partial charge on any atom is 0.0679 e. The van der Waals surface area contributed by atoms with E-state index < -0.39 is 11.2 Å². The first kappa shape index (κ1) is 57.4. The van der Waals surface area contributed by atoms with E-state index in [1.54, 1.807) is 0 Å². The summed E-state index contributed by atoms with van der Waals surface area (Å²) in [6.45, 7) is 26.7. The van der Waals surface area contributed by atoms with Crippen molar-refractivity contribution >= 4 is 58.0 Å². The highest BCUT2D eigenvalue weighted by atomic mass is 35.5. The minimum absolute atomic E-state index is 0.101. The molecule has 0 bridgehead atoms. The van der Waals surface area contributed by atoms with E-state index >= 15 is 0 Å². The van der Waals surface area contributed by atoms with Crippen LogP contribution in [0.1, 0.15) is 177 Å². The lowest BCUT2D eigenvalue weighted by Gasteiger charge is -2.47. The van der Waals surface area contributed by atoms with Gasteiger partial charge in [0.15, 0.2) is 0 Å². The molecule has 0 aliphatic carbocycles. The quantitative estimate of drug-likeness (QED) is 0.0488. The van der Waals surface area contributed by atoms with Crippen molar-refractivity contribution in [3.8, 4) is 0 Å². The van der Waals surface area contributed by atoms with Gasteiger partial charge in [0, 0.05) is 46.7 Å². The largest absolute Gasteiger partial charge is 0.375 e. The molecule has 0 heterocycles. The Balaban J connectivity index is 1.48. The zero-order valence-electron chi connectivity index (χ0n) is 43.7. The van der Waals surface area contributed by atoms with Gasteiger partial charge in [-0.1, -0.05) is 177 Å². The maximum atomic E-state index is 7.43. The van der Waals surface area contributed by atoms with E-state index in [1.807, 2.05) is 0 Å². The zero-order chi connectivity index (χ0) is 50.7. The lowest BCUT2D eigenvalue weighted by molar-refractivity contribution is -0.128. The van der Waals surface area contributed by atoms with Crippen LogP contribution in [0.4, 0.5) is 0 Å². The third-order valence-corrected chi connectivity index (χ3v) is 17.5. The molecule has 0 radical (unpaired) electrons. The maximum absolute atomic E-state index is 7.43. The van der Waals surface area contributed by atoms with E-state index in [1.165, 1.54) is 27.8 Å². The Morgan fingerprint density at radius 3 is 0.826 bits per heavy atom. The second kappa shape index (κ2) is 24.5. The Hall–Kier alpha value is -2.53. The summed E-state index contributed by atoms with van der Waals surface area (Å²) in [5.41, 5.74) is 9.87. The van der Waals surface area contributed by atoms with Crippen molar-refractivity contribution in [1.82, 2.24) is 0 Å². The molecular formula is C62H81Cl5O2. The van der Waals surface area contributed by atoms with Crippen molar-refractivity contribution in [2.24, 2.45) is 0 Å². The van der Waals surface area contributed by atoms with Crippen LogP contribution in [-0.4, -0.2) is 24.4 Å². The molecule has 0 N–H and O–H groups in total. The number of alkyl halides is 5. The van der Waals surface area contributed by atoms with E-state index in [-0.39, 0.29) is 27.1 Å². The van der Waals surface area contributed by atoms with Gasteiger partial charge in [-0.3, -0.25) is 0 Å². The Labute approximate surface area is 443 Å². The highest BCUT2D eigenvalue weighted by molar-refractivity contribution is 6.18. The molecule has 0 aliphatic heterocycles. The fraction of sp³-hybridized carbons (Fsp3) is 0.516. The van der Waals surface area contributed by atoms with Crippen LogP contribution in [0, 0.1) is 0 Å². The Kier molecular flexibility index (Phi) is 20.3. The van der Waals surface area contributed by atoms with Gasteiger partial charge >= 0.3 is 0 Å². The third-order valence-electron chi connectivity index (χ3n) is 16.0. The van der Waals surface area contributed by atoms with Crippen molar-refractivity contribution in [3.63, 3.8) is 0 Å². The lowest BCUT2D eigenvalue weighted by atomic mass is 9.59. The number of hydrogen-bond donors (Lipinski definition) is 0. The number of benzene rings is 5. The molecule has 0 aliphatic rings. The average Bonchev–Trinajstić information content (AvgIpc) is 3.37. The molecule has 0 saturated carbocycles. The summed E-state index contributed by atoms with van der Waals surface area (Å²) < 4.78 is 14.7. The molecular weight excluding hydrogens is 954 g/mol. The van der Waals surface area contributed by atoms with Gasteiger partial charge in [0.2, 0.25) is 0 Å². The number of rotatable bonds is 27. The normalized spacial score (nSPS) is 17.4. The molecule has 0 amide bonds. The summed E-state index contributed by atoms with van der Waals surface area (Å²) in [6, 6.07) is 44.5. The fourth-order valence-electron chi connectivity index (χ4n) is 11.1. The predicted molar refractivity (Wildman–Crippen MR) is 300 cm³/mol.